The zero-order valence-corrected chi connectivity index (χ0v) is 19.7. The monoisotopic (exact) mass is 472 g/mol. The fourth-order valence-corrected chi connectivity index (χ4v) is 4.06. The summed E-state index contributed by atoms with van der Waals surface area (Å²) in [6.45, 7) is 4.66. The number of hydrogen-bond acceptors (Lipinski definition) is 4. The van der Waals surface area contributed by atoms with Crippen molar-refractivity contribution in [3.63, 3.8) is 0 Å². The normalized spacial score (nSPS) is 15.2. The first-order valence-electron chi connectivity index (χ1n) is 11.6. The summed E-state index contributed by atoms with van der Waals surface area (Å²) in [6.07, 6.45) is 3.09. The summed E-state index contributed by atoms with van der Waals surface area (Å²) < 4.78 is 0. The summed E-state index contributed by atoms with van der Waals surface area (Å²) in [5.74, 6) is -0.397. The Morgan fingerprint density at radius 1 is 0.943 bits per heavy atom. The van der Waals surface area contributed by atoms with E-state index in [1.54, 1.807) is 53.6 Å². The molecular formula is C27H28N4O4. The third-order valence-corrected chi connectivity index (χ3v) is 6.12. The number of carbonyl (C=O) groups is 3. The van der Waals surface area contributed by atoms with Gasteiger partial charge < -0.3 is 15.3 Å². The lowest BCUT2D eigenvalue weighted by Crippen LogP contribution is -2.45. The molecule has 0 radical (unpaired) electrons. The molecule has 2 aromatic carbocycles. The first kappa shape index (κ1) is 23.9. The number of rotatable bonds is 6. The summed E-state index contributed by atoms with van der Waals surface area (Å²) in [5.41, 5.74) is 3.72. The van der Waals surface area contributed by atoms with Gasteiger partial charge in [0.1, 0.15) is 11.9 Å². The largest absolute Gasteiger partial charge is 0.478 e. The van der Waals surface area contributed by atoms with Crippen LogP contribution in [0.5, 0.6) is 0 Å². The van der Waals surface area contributed by atoms with Crippen LogP contribution in [0.2, 0.25) is 0 Å². The SMILES string of the molecule is CC(C)c1ccc(NC(=O)N2CCC[C@@H]2C(=O)Nc2ccc(-c3ccc(C(=O)O)cc3)cc2)nc1. The quantitative estimate of drug-likeness (QED) is 0.456. The number of carbonyl (C=O) groups excluding carboxylic acids is 2. The van der Waals surface area contributed by atoms with Crippen molar-refractivity contribution < 1.29 is 19.5 Å². The smallest absolute Gasteiger partial charge is 0.335 e. The zero-order chi connectivity index (χ0) is 24.9. The first-order valence-corrected chi connectivity index (χ1v) is 11.6. The fourth-order valence-electron chi connectivity index (χ4n) is 4.06. The highest BCUT2D eigenvalue weighted by molar-refractivity contribution is 5.99. The van der Waals surface area contributed by atoms with Gasteiger partial charge in [0.2, 0.25) is 5.91 Å². The standard InChI is InChI=1S/C27H28N4O4/c1-17(2)21-11-14-24(28-16-21)30-27(35)31-15-3-4-23(31)25(32)29-22-12-9-19(10-13-22)18-5-7-20(8-6-18)26(33)34/h5-14,16-17,23H,3-4,15H2,1-2H3,(H,29,32)(H,33,34)(H,28,30,35)/t23-/m1/s1. The molecule has 4 rings (SSSR count). The number of likely N-dealkylation sites (tertiary alicyclic amines) is 1. The third kappa shape index (κ3) is 5.66. The number of carboxylic acid groups (broad SMARTS) is 1. The van der Waals surface area contributed by atoms with Gasteiger partial charge in [-0.1, -0.05) is 44.2 Å². The molecule has 1 fully saturated rings. The van der Waals surface area contributed by atoms with E-state index in [0.29, 0.717) is 30.4 Å². The van der Waals surface area contributed by atoms with E-state index in [0.717, 1.165) is 23.1 Å². The Labute approximate surface area is 204 Å². The average Bonchev–Trinajstić information content (AvgIpc) is 3.35. The molecule has 1 atom stereocenters. The minimum Gasteiger partial charge on any atom is -0.478 e. The lowest BCUT2D eigenvalue weighted by Gasteiger charge is -2.24. The van der Waals surface area contributed by atoms with Crippen molar-refractivity contribution in [3.8, 4) is 11.1 Å². The van der Waals surface area contributed by atoms with Crippen LogP contribution in [0.25, 0.3) is 11.1 Å². The number of urea groups is 1. The summed E-state index contributed by atoms with van der Waals surface area (Å²) in [4.78, 5) is 42.7. The molecule has 0 aliphatic carbocycles. The van der Waals surface area contributed by atoms with E-state index in [2.05, 4.69) is 29.5 Å². The molecule has 3 N–H and O–H groups in total. The van der Waals surface area contributed by atoms with E-state index < -0.39 is 12.0 Å². The van der Waals surface area contributed by atoms with Crippen LogP contribution in [0.4, 0.5) is 16.3 Å². The van der Waals surface area contributed by atoms with E-state index in [9.17, 15) is 14.4 Å². The highest BCUT2D eigenvalue weighted by Gasteiger charge is 2.34. The van der Waals surface area contributed by atoms with Crippen LogP contribution in [0, 0.1) is 0 Å². The number of hydrogen-bond donors (Lipinski definition) is 3. The molecule has 2 heterocycles. The number of pyridine rings is 1. The van der Waals surface area contributed by atoms with Crippen LogP contribution < -0.4 is 10.6 Å². The maximum absolute atomic E-state index is 13.0. The average molecular weight is 473 g/mol. The Morgan fingerprint density at radius 3 is 2.17 bits per heavy atom. The summed E-state index contributed by atoms with van der Waals surface area (Å²) in [6, 6.07) is 16.7. The Bertz CT molecular complexity index is 1210. The van der Waals surface area contributed by atoms with E-state index in [1.165, 1.54) is 0 Å². The minimum absolute atomic E-state index is 0.228. The topological polar surface area (TPSA) is 112 Å². The second-order valence-corrected chi connectivity index (χ2v) is 8.86. The molecule has 35 heavy (non-hydrogen) atoms. The number of aromatic nitrogens is 1. The van der Waals surface area contributed by atoms with Crippen LogP contribution >= 0.6 is 0 Å². The molecule has 8 heteroatoms. The highest BCUT2D eigenvalue weighted by atomic mass is 16.4. The second-order valence-electron chi connectivity index (χ2n) is 8.86. The number of carboxylic acids is 1. The van der Waals surface area contributed by atoms with Gasteiger partial charge in [-0.2, -0.15) is 0 Å². The number of nitrogens with zero attached hydrogens (tertiary/aromatic N) is 2. The molecule has 0 spiro atoms. The third-order valence-electron chi connectivity index (χ3n) is 6.12. The summed E-state index contributed by atoms with van der Waals surface area (Å²) in [5, 5.41) is 14.7. The minimum atomic E-state index is -0.968. The Kier molecular flexibility index (Phi) is 7.10. The molecule has 8 nitrogen and oxygen atoms in total. The van der Waals surface area contributed by atoms with Gasteiger partial charge in [-0.05, 0) is 65.8 Å². The van der Waals surface area contributed by atoms with Crippen LogP contribution in [-0.4, -0.2) is 45.5 Å². The molecule has 1 aliphatic heterocycles. The Morgan fingerprint density at radius 2 is 1.60 bits per heavy atom. The molecule has 0 unspecified atom stereocenters. The van der Waals surface area contributed by atoms with Crippen LogP contribution in [0.15, 0.2) is 66.9 Å². The van der Waals surface area contributed by atoms with Gasteiger partial charge >= 0.3 is 12.0 Å². The fraction of sp³-hybridized carbons (Fsp3) is 0.259. The second kappa shape index (κ2) is 10.4. The zero-order valence-electron chi connectivity index (χ0n) is 19.7. The van der Waals surface area contributed by atoms with E-state index >= 15 is 0 Å². The molecule has 1 aliphatic rings. The Balaban J connectivity index is 1.37. The lowest BCUT2D eigenvalue weighted by atomic mass is 10.0. The van der Waals surface area contributed by atoms with E-state index in [4.69, 9.17) is 5.11 Å². The maximum Gasteiger partial charge on any atom is 0.335 e. The number of anilines is 2. The van der Waals surface area contributed by atoms with Gasteiger partial charge in [0.05, 0.1) is 5.56 Å². The number of aromatic carboxylic acids is 1. The van der Waals surface area contributed by atoms with Crippen molar-refractivity contribution in [1.82, 2.24) is 9.88 Å². The van der Waals surface area contributed by atoms with Crippen molar-refractivity contribution in [2.45, 2.75) is 38.6 Å². The van der Waals surface area contributed by atoms with Gasteiger partial charge in [0.25, 0.3) is 0 Å². The van der Waals surface area contributed by atoms with Crippen molar-refractivity contribution in [2.24, 2.45) is 0 Å². The molecule has 1 aromatic heterocycles. The van der Waals surface area contributed by atoms with Gasteiger partial charge in [-0.15, -0.1) is 0 Å². The summed E-state index contributed by atoms with van der Waals surface area (Å²) >= 11 is 0. The van der Waals surface area contributed by atoms with Crippen molar-refractivity contribution in [3.05, 3.63) is 78.0 Å². The van der Waals surface area contributed by atoms with Gasteiger partial charge in [-0.3, -0.25) is 10.1 Å². The van der Waals surface area contributed by atoms with E-state index in [-0.39, 0.29) is 17.5 Å². The van der Waals surface area contributed by atoms with Crippen LogP contribution in [-0.2, 0) is 4.79 Å². The summed E-state index contributed by atoms with van der Waals surface area (Å²) in [7, 11) is 0. The number of amides is 3. The first-order chi connectivity index (χ1) is 16.8. The van der Waals surface area contributed by atoms with Gasteiger partial charge in [0.15, 0.2) is 0 Å². The van der Waals surface area contributed by atoms with E-state index in [1.807, 2.05) is 18.2 Å². The number of benzene rings is 2. The van der Waals surface area contributed by atoms with Gasteiger partial charge in [-0.25, -0.2) is 14.6 Å². The highest BCUT2D eigenvalue weighted by Crippen LogP contribution is 2.24. The van der Waals surface area contributed by atoms with Crippen molar-refractivity contribution in [1.29, 1.82) is 0 Å². The predicted octanol–water partition coefficient (Wildman–Crippen LogP) is 5.21. The Hall–Kier alpha value is -4.20. The molecule has 0 saturated carbocycles. The lowest BCUT2D eigenvalue weighted by molar-refractivity contribution is -0.119. The van der Waals surface area contributed by atoms with Gasteiger partial charge in [0, 0.05) is 18.4 Å². The molecule has 180 valence electrons. The molecular weight excluding hydrogens is 444 g/mol. The maximum atomic E-state index is 13.0. The van der Waals surface area contributed by atoms with Crippen molar-refractivity contribution >= 4 is 29.4 Å². The predicted molar refractivity (Wildman–Crippen MR) is 135 cm³/mol. The van der Waals surface area contributed by atoms with Crippen LogP contribution in [0.1, 0.15) is 48.5 Å². The van der Waals surface area contributed by atoms with Crippen LogP contribution in [0.3, 0.4) is 0 Å². The molecule has 0 bridgehead atoms. The number of nitrogens with one attached hydrogen (secondary N) is 2. The molecule has 1 saturated heterocycles. The van der Waals surface area contributed by atoms with Crippen molar-refractivity contribution in [2.75, 3.05) is 17.2 Å². The molecule has 3 aromatic rings. The molecule has 3 amide bonds.